The summed E-state index contributed by atoms with van der Waals surface area (Å²) in [5.74, 6) is -0.238. The number of rotatable bonds is 6. The van der Waals surface area contributed by atoms with Gasteiger partial charge in [-0.2, -0.15) is 0 Å². The van der Waals surface area contributed by atoms with E-state index in [9.17, 15) is 19.7 Å². The van der Waals surface area contributed by atoms with Gasteiger partial charge in [-0.3, -0.25) is 19.7 Å². The topological polar surface area (TPSA) is 102 Å². The maximum atomic E-state index is 12.8. The van der Waals surface area contributed by atoms with E-state index in [0.717, 1.165) is 0 Å². The number of hydrogen-bond donors (Lipinski definition) is 1. The van der Waals surface area contributed by atoms with Gasteiger partial charge in [0.25, 0.3) is 11.8 Å². The van der Waals surface area contributed by atoms with Crippen molar-refractivity contribution in [2.45, 2.75) is 25.8 Å². The number of carbonyl (C=O) groups excluding carboxylic acids is 2. The van der Waals surface area contributed by atoms with Crippen molar-refractivity contribution in [1.29, 1.82) is 0 Å². The van der Waals surface area contributed by atoms with Crippen LogP contribution in [0.1, 0.15) is 40.5 Å². The van der Waals surface area contributed by atoms with Crippen LogP contribution in [-0.2, 0) is 0 Å². The number of nitrogens with one attached hydrogen (secondary N) is 1. The van der Waals surface area contributed by atoms with E-state index in [-0.39, 0.29) is 34.9 Å². The predicted molar refractivity (Wildman–Crippen MR) is 107 cm³/mol. The van der Waals surface area contributed by atoms with Crippen LogP contribution in [0.5, 0.6) is 5.75 Å². The summed E-state index contributed by atoms with van der Waals surface area (Å²) in [4.78, 5) is 37.4. The second kappa shape index (κ2) is 9.18. The average molecular weight is 397 g/mol. The smallest absolute Gasteiger partial charge is 0.311 e. The van der Waals surface area contributed by atoms with E-state index in [2.05, 4.69) is 5.32 Å². The fourth-order valence-electron chi connectivity index (χ4n) is 3.34. The molecule has 2 amide bonds. The molecule has 0 bridgehead atoms. The minimum Gasteiger partial charge on any atom is -0.487 e. The lowest BCUT2D eigenvalue weighted by Gasteiger charge is -2.32. The van der Waals surface area contributed by atoms with Crippen molar-refractivity contribution in [2.24, 2.45) is 0 Å². The Morgan fingerprint density at radius 1 is 1.14 bits per heavy atom. The van der Waals surface area contributed by atoms with Gasteiger partial charge in [0.05, 0.1) is 11.5 Å². The van der Waals surface area contributed by atoms with E-state index in [1.165, 1.54) is 12.1 Å². The van der Waals surface area contributed by atoms with Crippen molar-refractivity contribution in [3.63, 3.8) is 0 Å². The third kappa shape index (κ3) is 4.90. The molecule has 152 valence electrons. The van der Waals surface area contributed by atoms with Crippen LogP contribution in [0.3, 0.4) is 0 Å². The van der Waals surface area contributed by atoms with Gasteiger partial charge in [-0.25, -0.2) is 0 Å². The summed E-state index contributed by atoms with van der Waals surface area (Å²) in [7, 11) is 0. The summed E-state index contributed by atoms with van der Waals surface area (Å²) in [6, 6.07) is 13.2. The van der Waals surface area contributed by atoms with Crippen LogP contribution in [0, 0.1) is 10.1 Å². The van der Waals surface area contributed by atoms with Crippen molar-refractivity contribution in [2.75, 3.05) is 19.7 Å². The molecular formula is C21H23N3O5. The minimum absolute atomic E-state index is 0.0126. The zero-order chi connectivity index (χ0) is 20.8. The molecule has 8 nitrogen and oxygen atoms in total. The van der Waals surface area contributed by atoms with Gasteiger partial charge >= 0.3 is 5.69 Å². The molecule has 0 aromatic heterocycles. The Morgan fingerprint density at radius 2 is 1.83 bits per heavy atom. The van der Waals surface area contributed by atoms with Gasteiger partial charge in [0.1, 0.15) is 0 Å². The molecule has 8 heteroatoms. The van der Waals surface area contributed by atoms with Crippen molar-refractivity contribution in [1.82, 2.24) is 10.2 Å². The highest BCUT2D eigenvalue weighted by atomic mass is 16.6. The maximum Gasteiger partial charge on any atom is 0.311 e. The van der Waals surface area contributed by atoms with E-state index < -0.39 is 4.92 Å². The van der Waals surface area contributed by atoms with Crippen LogP contribution < -0.4 is 10.1 Å². The average Bonchev–Trinajstić information content (AvgIpc) is 2.74. The Balaban J connectivity index is 1.60. The number of piperidine rings is 1. The number of benzene rings is 2. The normalized spacial score (nSPS) is 14.3. The summed E-state index contributed by atoms with van der Waals surface area (Å²) >= 11 is 0. The molecule has 0 radical (unpaired) electrons. The highest BCUT2D eigenvalue weighted by Crippen LogP contribution is 2.29. The fraction of sp³-hybridized carbons (Fsp3) is 0.333. The van der Waals surface area contributed by atoms with E-state index in [1.54, 1.807) is 30.0 Å². The van der Waals surface area contributed by atoms with Crippen LogP contribution in [0.2, 0.25) is 0 Å². The number of nitrogens with zero attached hydrogens (tertiary/aromatic N) is 2. The predicted octanol–water partition coefficient (Wildman–Crippen LogP) is 3.03. The molecule has 1 heterocycles. The zero-order valence-corrected chi connectivity index (χ0v) is 16.2. The van der Waals surface area contributed by atoms with Crippen LogP contribution in [0.4, 0.5) is 5.69 Å². The number of nitro benzene ring substituents is 1. The van der Waals surface area contributed by atoms with E-state index in [0.29, 0.717) is 38.1 Å². The van der Waals surface area contributed by atoms with Crippen LogP contribution in [0.25, 0.3) is 0 Å². The zero-order valence-electron chi connectivity index (χ0n) is 16.2. The molecule has 1 aliphatic heterocycles. The van der Waals surface area contributed by atoms with Gasteiger partial charge in [0, 0.05) is 36.3 Å². The molecule has 2 aromatic rings. The third-order valence-electron chi connectivity index (χ3n) is 4.86. The van der Waals surface area contributed by atoms with Gasteiger partial charge in [-0.05, 0) is 44.0 Å². The first-order chi connectivity index (χ1) is 14.0. The third-order valence-corrected chi connectivity index (χ3v) is 4.86. The Kier molecular flexibility index (Phi) is 6.43. The number of ether oxygens (including phenoxy) is 1. The summed E-state index contributed by atoms with van der Waals surface area (Å²) in [5.41, 5.74) is 0.641. The Morgan fingerprint density at radius 3 is 2.45 bits per heavy atom. The molecule has 1 saturated heterocycles. The molecule has 0 atom stereocenters. The summed E-state index contributed by atoms with van der Waals surface area (Å²) < 4.78 is 5.26. The van der Waals surface area contributed by atoms with Crippen LogP contribution >= 0.6 is 0 Å². The molecule has 0 spiro atoms. The van der Waals surface area contributed by atoms with E-state index in [4.69, 9.17) is 4.74 Å². The summed E-state index contributed by atoms with van der Waals surface area (Å²) in [6.45, 7) is 2.99. The largest absolute Gasteiger partial charge is 0.487 e. The lowest BCUT2D eigenvalue weighted by molar-refractivity contribution is -0.385. The lowest BCUT2D eigenvalue weighted by Crippen LogP contribution is -2.46. The highest BCUT2D eigenvalue weighted by Gasteiger charge is 2.26. The van der Waals surface area contributed by atoms with Gasteiger partial charge in [-0.15, -0.1) is 0 Å². The second-order valence-corrected chi connectivity index (χ2v) is 6.78. The quantitative estimate of drug-likeness (QED) is 0.596. The highest BCUT2D eigenvalue weighted by molar-refractivity contribution is 5.95. The second-order valence-electron chi connectivity index (χ2n) is 6.78. The van der Waals surface area contributed by atoms with Crippen molar-refractivity contribution >= 4 is 17.5 Å². The Bertz CT molecular complexity index is 892. The molecule has 1 fully saturated rings. The van der Waals surface area contributed by atoms with Gasteiger partial charge < -0.3 is 15.0 Å². The molecule has 0 saturated carbocycles. The monoisotopic (exact) mass is 397 g/mol. The molecule has 3 rings (SSSR count). The van der Waals surface area contributed by atoms with Crippen LogP contribution in [-0.4, -0.2) is 47.4 Å². The molecule has 0 aliphatic carbocycles. The van der Waals surface area contributed by atoms with E-state index >= 15 is 0 Å². The number of carbonyl (C=O) groups is 2. The van der Waals surface area contributed by atoms with Crippen molar-refractivity contribution < 1.29 is 19.2 Å². The standard InChI is InChI=1S/C21H23N3O5/c1-2-29-19-9-8-16(14-18(19)24(27)28)21(26)23-12-10-17(11-13-23)22-20(25)15-6-4-3-5-7-15/h3-9,14,17H,2,10-13H2,1H3,(H,22,25). The number of nitro groups is 1. The van der Waals surface area contributed by atoms with Crippen LogP contribution in [0.15, 0.2) is 48.5 Å². The number of likely N-dealkylation sites (tertiary alicyclic amines) is 1. The molecule has 0 unspecified atom stereocenters. The number of amides is 2. The number of hydrogen-bond acceptors (Lipinski definition) is 5. The summed E-state index contributed by atoms with van der Waals surface area (Å²) in [5, 5.41) is 14.3. The first-order valence-corrected chi connectivity index (χ1v) is 9.56. The minimum atomic E-state index is -0.548. The summed E-state index contributed by atoms with van der Waals surface area (Å²) in [6.07, 6.45) is 1.26. The van der Waals surface area contributed by atoms with Crippen molar-refractivity contribution in [3.05, 3.63) is 69.8 Å². The first-order valence-electron chi connectivity index (χ1n) is 9.56. The fourth-order valence-corrected chi connectivity index (χ4v) is 3.34. The Hall–Kier alpha value is -3.42. The molecule has 2 aromatic carbocycles. The van der Waals surface area contributed by atoms with Gasteiger partial charge in [0.15, 0.2) is 5.75 Å². The SMILES string of the molecule is CCOc1ccc(C(=O)N2CCC(NC(=O)c3ccccc3)CC2)cc1[N+](=O)[O-]. The molecule has 1 N–H and O–H groups in total. The molecular weight excluding hydrogens is 374 g/mol. The van der Waals surface area contributed by atoms with E-state index in [1.807, 2.05) is 18.2 Å². The Labute approximate surface area is 168 Å². The maximum absolute atomic E-state index is 12.8. The lowest BCUT2D eigenvalue weighted by atomic mass is 10.0. The van der Waals surface area contributed by atoms with Gasteiger partial charge in [0.2, 0.25) is 0 Å². The first kappa shape index (κ1) is 20.3. The van der Waals surface area contributed by atoms with Crippen molar-refractivity contribution in [3.8, 4) is 5.75 Å². The molecule has 29 heavy (non-hydrogen) atoms. The molecule has 1 aliphatic rings. The van der Waals surface area contributed by atoms with Gasteiger partial charge in [-0.1, -0.05) is 18.2 Å².